The number of nitrogens with two attached hydrogens (primary N) is 1. The Labute approximate surface area is 97.1 Å². The minimum atomic E-state index is -4.34. The van der Waals surface area contributed by atoms with E-state index in [9.17, 15) is 13.2 Å². The van der Waals surface area contributed by atoms with Crippen LogP contribution >= 0.6 is 0 Å². The molecule has 6 heteroatoms. The van der Waals surface area contributed by atoms with Gasteiger partial charge in [-0.05, 0) is 30.7 Å². The fraction of sp³-hybridized carbons (Fsp3) is 0.364. The van der Waals surface area contributed by atoms with Crippen molar-refractivity contribution in [3.63, 3.8) is 0 Å². The normalized spacial score (nSPS) is 12.0. The molecule has 0 unspecified atom stereocenters. The Bertz CT molecular complexity index is 377. The quantitative estimate of drug-likeness (QED) is 0.492. The van der Waals surface area contributed by atoms with Gasteiger partial charge in [0, 0.05) is 0 Å². The number of alkyl halides is 3. The molecule has 1 aromatic rings. The zero-order chi connectivity index (χ0) is 12.7. The van der Waals surface area contributed by atoms with Gasteiger partial charge in [-0.15, -0.1) is 0 Å². The molecular weight excluding hydrogens is 233 g/mol. The molecule has 0 aliphatic heterocycles. The first-order chi connectivity index (χ1) is 8.04. The summed E-state index contributed by atoms with van der Waals surface area (Å²) in [6, 6.07) is 4.86. The molecule has 0 aliphatic carbocycles. The van der Waals surface area contributed by atoms with E-state index in [4.69, 9.17) is 10.6 Å². The first kappa shape index (κ1) is 13.5. The molecule has 0 saturated heterocycles. The molecule has 0 aromatic heterocycles. The lowest BCUT2D eigenvalue weighted by molar-refractivity contribution is -0.137. The maximum absolute atomic E-state index is 12.4. The van der Waals surface area contributed by atoms with Gasteiger partial charge in [0.2, 0.25) is 0 Å². The fourth-order valence-electron chi connectivity index (χ4n) is 1.09. The largest absolute Gasteiger partial charge is 0.416 e. The second-order valence-electron chi connectivity index (χ2n) is 3.33. The summed E-state index contributed by atoms with van der Waals surface area (Å²) in [6.45, 7) is 0.838. The molecule has 0 radical (unpaired) electrons. The molecule has 0 aliphatic rings. The van der Waals surface area contributed by atoms with Crippen molar-refractivity contribution in [3.8, 4) is 0 Å². The molecule has 0 fully saturated rings. The van der Waals surface area contributed by atoms with Gasteiger partial charge >= 0.3 is 6.18 Å². The average Bonchev–Trinajstić information content (AvgIpc) is 2.28. The minimum absolute atomic E-state index is 0.340. The van der Waals surface area contributed by atoms with Crippen LogP contribution in [-0.4, -0.2) is 19.4 Å². The Morgan fingerprint density at radius 2 is 2.12 bits per heavy atom. The van der Waals surface area contributed by atoms with Gasteiger partial charge in [-0.2, -0.15) is 13.2 Å². The number of halogens is 3. The van der Waals surface area contributed by atoms with E-state index >= 15 is 0 Å². The zero-order valence-electron chi connectivity index (χ0n) is 9.07. The lowest BCUT2D eigenvalue weighted by Gasteiger charge is -2.06. The minimum Gasteiger partial charge on any atom is -0.396 e. The number of rotatable bonds is 5. The van der Waals surface area contributed by atoms with E-state index in [2.05, 4.69) is 5.16 Å². The maximum Gasteiger partial charge on any atom is 0.416 e. The summed E-state index contributed by atoms with van der Waals surface area (Å²) in [7, 11) is 0. The van der Waals surface area contributed by atoms with Gasteiger partial charge in [0.1, 0.15) is 6.61 Å². The monoisotopic (exact) mass is 246 g/mol. The molecule has 2 N–H and O–H groups in total. The van der Waals surface area contributed by atoms with E-state index in [-0.39, 0.29) is 0 Å². The van der Waals surface area contributed by atoms with E-state index in [0.717, 1.165) is 12.1 Å². The summed E-state index contributed by atoms with van der Waals surface area (Å²) in [4.78, 5) is 4.81. The van der Waals surface area contributed by atoms with Crippen molar-refractivity contribution in [3.05, 3.63) is 35.4 Å². The van der Waals surface area contributed by atoms with Crippen molar-refractivity contribution in [2.24, 2.45) is 10.9 Å². The molecule has 0 atom stereocenters. The van der Waals surface area contributed by atoms with Gasteiger partial charge in [-0.3, -0.25) is 0 Å². The summed E-state index contributed by atoms with van der Waals surface area (Å²) in [5.41, 5.74) is 4.87. The van der Waals surface area contributed by atoms with E-state index in [1.807, 2.05) is 0 Å². The van der Waals surface area contributed by atoms with Gasteiger partial charge in [0.05, 0.1) is 11.8 Å². The standard InChI is InChI=1S/C11H13F3N2O/c12-11(13,14)10-4-1-3-9(7-10)8-16-17-6-2-5-15/h1,3-4,7-8H,2,5-6,15H2. The SMILES string of the molecule is NCCCON=Cc1cccc(C(F)(F)F)c1. The van der Waals surface area contributed by atoms with Gasteiger partial charge in [-0.25, -0.2) is 0 Å². The number of nitrogens with zero attached hydrogens (tertiary/aromatic N) is 1. The molecule has 0 spiro atoms. The Kier molecular flexibility index (Phi) is 4.96. The highest BCUT2D eigenvalue weighted by Gasteiger charge is 2.30. The van der Waals surface area contributed by atoms with Crippen molar-refractivity contribution in [2.45, 2.75) is 12.6 Å². The predicted octanol–water partition coefficient (Wildman–Crippen LogP) is 2.40. The van der Waals surface area contributed by atoms with Crippen LogP contribution in [0.1, 0.15) is 17.5 Å². The van der Waals surface area contributed by atoms with Crippen molar-refractivity contribution < 1.29 is 18.0 Å². The molecule has 3 nitrogen and oxygen atoms in total. The Morgan fingerprint density at radius 3 is 2.76 bits per heavy atom. The third kappa shape index (κ3) is 4.86. The highest BCUT2D eigenvalue weighted by atomic mass is 19.4. The van der Waals surface area contributed by atoms with E-state index in [1.165, 1.54) is 18.3 Å². The average molecular weight is 246 g/mol. The Balaban J connectivity index is 2.60. The van der Waals surface area contributed by atoms with Crippen LogP contribution in [0.5, 0.6) is 0 Å². The highest BCUT2D eigenvalue weighted by Crippen LogP contribution is 2.29. The van der Waals surface area contributed by atoms with Crippen LogP contribution in [0.15, 0.2) is 29.4 Å². The smallest absolute Gasteiger partial charge is 0.396 e. The number of hydrogen-bond acceptors (Lipinski definition) is 3. The number of hydrogen-bond donors (Lipinski definition) is 1. The molecule has 0 heterocycles. The second-order valence-corrected chi connectivity index (χ2v) is 3.33. The first-order valence-corrected chi connectivity index (χ1v) is 5.06. The predicted molar refractivity (Wildman–Crippen MR) is 58.7 cm³/mol. The lowest BCUT2D eigenvalue weighted by atomic mass is 10.1. The summed E-state index contributed by atoms with van der Waals surface area (Å²) < 4.78 is 37.1. The molecule has 17 heavy (non-hydrogen) atoms. The van der Waals surface area contributed by atoms with Crippen LogP contribution in [0, 0.1) is 0 Å². The Hall–Kier alpha value is -1.56. The van der Waals surface area contributed by atoms with Gasteiger partial charge in [-0.1, -0.05) is 17.3 Å². The van der Waals surface area contributed by atoms with Crippen LogP contribution in [0.2, 0.25) is 0 Å². The topological polar surface area (TPSA) is 47.6 Å². The van der Waals surface area contributed by atoms with Gasteiger partial charge < -0.3 is 10.6 Å². The molecule has 1 rings (SSSR count). The fourth-order valence-corrected chi connectivity index (χ4v) is 1.09. The maximum atomic E-state index is 12.4. The van der Waals surface area contributed by atoms with Crippen molar-refractivity contribution >= 4 is 6.21 Å². The number of oxime groups is 1. The molecule has 94 valence electrons. The molecule has 1 aromatic carbocycles. The summed E-state index contributed by atoms with van der Waals surface area (Å²) in [5.74, 6) is 0. The molecule has 0 saturated carbocycles. The third-order valence-corrected chi connectivity index (χ3v) is 1.93. The van der Waals surface area contributed by atoms with Gasteiger partial charge in [0.25, 0.3) is 0 Å². The Morgan fingerprint density at radius 1 is 1.35 bits per heavy atom. The van der Waals surface area contributed by atoms with Crippen LogP contribution in [0.25, 0.3) is 0 Å². The van der Waals surface area contributed by atoms with Crippen molar-refractivity contribution in [1.29, 1.82) is 0 Å². The van der Waals surface area contributed by atoms with Crippen LogP contribution in [-0.2, 0) is 11.0 Å². The van der Waals surface area contributed by atoms with Crippen LogP contribution < -0.4 is 5.73 Å². The van der Waals surface area contributed by atoms with Crippen molar-refractivity contribution in [2.75, 3.05) is 13.2 Å². The van der Waals surface area contributed by atoms with Crippen LogP contribution in [0.4, 0.5) is 13.2 Å². The summed E-state index contributed by atoms with van der Waals surface area (Å²) >= 11 is 0. The highest BCUT2D eigenvalue weighted by molar-refractivity contribution is 5.79. The van der Waals surface area contributed by atoms with Crippen LogP contribution in [0.3, 0.4) is 0 Å². The first-order valence-electron chi connectivity index (χ1n) is 5.06. The summed E-state index contributed by atoms with van der Waals surface area (Å²) in [6.07, 6.45) is -2.45. The lowest BCUT2D eigenvalue weighted by Crippen LogP contribution is -2.05. The van der Waals surface area contributed by atoms with E-state index < -0.39 is 11.7 Å². The molecular formula is C11H13F3N2O. The third-order valence-electron chi connectivity index (χ3n) is 1.93. The second kappa shape index (κ2) is 6.24. The summed E-state index contributed by atoms with van der Waals surface area (Å²) in [5, 5.41) is 3.55. The van der Waals surface area contributed by atoms with E-state index in [1.54, 1.807) is 0 Å². The van der Waals surface area contributed by atoms with E-state index in [0.29, 0.717) is 25.1 Å². The number of benzene rings is 1. The molecule has 0 amide bonds. The molecule has 0 bridgehead atoms. The van der Waals surface area contributed by atoms with Crippen molar-refractivity contribution in [1.82, 2.24) is 0 Å². The zero-order valence-corrected chi connectivity index (χ0v) is 9.07. The van der Waals surface area contributed by atoms with Gasteiger partial charge in [0.15, 0.2) is 0 Å².